The van der Waals surface area contributed by atoms with E-state index in [2.05, 4.69) is 16.7 Å². The first-order valence-electron chi connectivity index (χ1n) is 10.1. The smallest absolute Gasteiger partial charge is 0.335 e. The zero-order valence-corrected chi connectivity index (χ0v) is 18.2. The molecule has 0 spiro atoms. The molecule has 31 heavy (non-hydrogen) atoms. The molecule has 0 amide bonds. The van der Waals surface area contributed by atoms with E-state index in [0.29, 0.717) is 11.1 Å². The summed E-state index contributed by atoms with van der Waals surface area (Å²) in [5.74, 6) is -0.996. The highest BCUT2D eigenvalue weighted by Crippen LogP contribution is 2.38. The molecular formula is C25H21N3O2S. The van der Waals surface area contributed by atoms with Crippen molar-refractivity contribution in [2.75, 3.05) is 0 Å². The highest BCUT2D eigenvalue weighted by molar-refractivity contribution is 7.15. The molecule has 154 valence electrons. The lowest BCUT2D eigenvalue weighted by Crippen LogP contribution is -2.02. The number of nitriles is 2. The molecule has 1 aromatic carbocycles. The molecule has 1 aliphatic rings. The number of aryl methyl sites for hydroxylation is 2. The SMILES string of the molecule is Cc1cc(/C=C(\C#N)c2ccc(C(=O)O)cc2)c(C)n1-c1sc2c(c1C#N)CCCC2. The lowest BCUT2D eigenvalue weighted by molar-refractivity contribution is 0.0697. The summed E-state index contributed by atoms with van der Waals surface area (Å²) in [6, 6.07) is 13.0. The van der Waals surface area contributed by atoms with Crippen LogP contribution in [0.1, 0.15) is 61.7 Å². The Morgan fingerprint density at radius 2 is 1.81 bits per heavy atom. The van der Waals surface area contributed by atoms with Crippen LogP contribution in [0.5, 0.6) is 0 Å². The predicted molar refractivity (Wildman–Crippen MR) is 121 cm³/mol. The quantitative estimate of drug-likeness (QED) is 0.543. The number of allylic oxidation sites excluding steroid dienone is 1. The van der Waals surface area contributed by atoms with Crippen molar-refractivity contribution in [2.45, 2.75) is 39.5 Å². The molecule has 5 nitrogen and oxygen atoms in total. The minimum absolute atomic E-state index is 0.185. The van der Waals surface area contributed by atoms with Gasteiger partial charge in [-0.1, -0.05) is 12.1 Å². The number of nitrogens with zero attached hydrogens (tertiary/aromatic N) is 3. The second-order valence-corrected chi connectivity index (χ2v) is 8.80. The van der Waals surface area contributed by atoms with Gasteiger partial charge in [0.25, 0.3) is 0 Å². The number of carboxylic acid groups (broad SMARTS) is 1. The Bertz CT molecular complexity index is 1290. The minimum Gasteiger partial charge on any atom is -0.478 e. The summed E-state index contributed by atoms with van der Waals surface area (Å²) in [6.45, 7) is 4.01. The zero-order valence-electron chi connectivity index (χ0n) is 17.4. The van der Waals surface area contributed by atoms with Gasteiger partial charge < -0.3 is 9.67 Å². The van der Waals surface area contributed by atoms with Crippen molar-refractivity contribution in [2.24, 2.45) is 0 Å². The van der Waals surface area contributed by atoms with Crippen molar-refractivity contribution in [3.63, 3.8) is 0 Å². The largest absolute Gasteiger partial charge is 0.478 e. The van der Waals surface area contributed by atoms with Crippen molar-refractivity contribution in [1.29, 1.82) is 10.5 Å². The Labute approximate surface area is 185 Å². The van der Waals surface area contributed by atoms with Crippen LogP contribution >= 0.6 is 11.3 Å². The summed E-state index contributed by atoms with van der Waals surface area (Å²) < 4.78 is 2.12. The Balaban J connectivity index is 1.78. The van der Waals surface area contributed by atoms with E-state index in [9.17, 15) is 15.3 Å². The Morgan fingerprint density at radius 1 is 1.13 bits per heavy atom. The van der Waals surface area contributed by atoms with Gasteiger partial charge in [-0.3, -0.25) is 0 Å². The summed E-state index contributed by atoms with van der Waals surface area (Å²) >= 11 is 1.71. The van der Waals surface area contributed by atoms with Crippen molar-refractivity contribution in [1.82, 2.24) is 4.57 Å². The molecule has 2 aromatic heterocycles. The maximum Gasteiger partial charge on any atom is 0.335 e. The lowest BCUT2D eigenvalue weighted by atomic mass is 9.96. The molecule has 2 heterocycles. The number of hydrogen-bond donors (Lipinski definition) is 1. The van der Waals surface area contributed by atoms with E-state index >= 15 is 0 Å². The summed E-state index contributed by atoms with van der Waals surface area (Å²) in [6.07, 6.45) is 6.12. The van der Waals surface area contributed by atoms with Crippen LogP contribution in [0.25, 0.3) is 16.7 Å². The summed E-state index contributed by atoms with van der Waals surface area (Å²) in [7, 11) is 0. The van der Waals surface area contributed by atoms with Crippen LogP contribution in [0.15, 0.2) is 30.3 Å². The van der Waals surface area contributed by atoms with E-state index in [-0.39, 0.29) is 5.56 Å². The molecule has 1 aliphatic carbocycles. The number of rotatable bonds is 4. The van der Waals surface area contributed by atoms with Gasteiger partial charge >= 0.3 is 5.97 Å². The third-order valence-electron chi connectivity index (χ3n) is 5.80. The van der Waals surface area contributed by atoms with E-state index in [1.54, 1.807) is 23.5 Å². The average molecular weight is 428 g/mol. The minimum atomic E-state index is -0.996. The molecule has 4 rings (SSSR count). The van der Waals surface area contributed by atoms with Crippen LogP contribution in [0.3, 0.4) is 0 Å². The second-order valence-electron chi connectivity index (χ2n) is 7.72. The van der Waals surface area contributed by atoms with Gasteiger partial charge in [0, 0.05) is 16.3 Å². The van der Waals surface area contributed by atoms with Crippen LogP contribution in [0.2, 0.25) is 0 Å². The van der Waals surface area contributed by atoms with Crippen molar-refractivity contribution in [3.05, 3.63) is 74.4 Å². The Kier molecular flexibility index (Phi) is 5.50. The highest BCUT2D eigenvalue weighted by Gasteiger charge is 2.23. The van der Waals surface area contributed by atoms with Crippen LogP contribution in [-0.2, 0) is 12.8 Å². The van der Waals surface area contributed by atoms with Gasteiger partial charge in [-0.25, -0.2) is 4.79 Å². The molecule has 0 atom stereocenters. The second kappa shape index (κ2) is 8.26. The molecule has 0 aliphatic heterocycles. The number of thiophene rings is 1. The van der Waals surface area contributed by atoms with Gasteiger partial charge in [-0.05, 0) is 80.5 Å². The van der Waals surface area contributed by atoms with Gasteiger partial charge in [-0.15, -0.1) is 11.3 Å². The van der Waals surface area contributed by atoms with E-state index in [4.69, 9.17) is 5.11 Å². The maximum absolute atomic E-state index is 11.1. The number of aromatic nitrogens is 1. The van der Waals surface area contributed by atoms with E-state index in [0.717, 1.165) is 46.8 Å². The monoisotopic (exact) mass is 427 g/mol. The molecule has 1 N–H and O–H groups in total. The zero-order chi connectivity index (χ0) is 22.1. The number of benzene rings is 1. The topological polar surface area (TPSA) is 89.8 Å². The lowest BCUT2D eigenvalue weighted by Gasteiger charge is -2.10. The fourth-order valence-electron chi connectivity index (χ4n) is 4.20. The van der Waals surface area contributed by atoms with Crippen LogP contribution in [0, 0.1) is 36.5 Å². The average Bonchev–Trinajstić information content (AvgIpc) is 3.27. The summed E-state index contributed by atoms with van der Waals surface area (Å²) in [5.41, 5.74) is 6.19. The molecular weight excluding hydrogens is 406 g/mol. The normalized spacial score (nSPS) is 13.4. The van der Waals surface area contributed by atoms with E-state index in [1.807, 2.05) is 26.0 Å². The number of carboxylic acids is 1. The van der Waals surface area contributed by atoms with Gasteiger partial charge in [0.1, 0.15) is 11.1 Å². The van der Waals surface area contributed by atoms with Gasteiger partial charge in [0.15, 0.2) is 0 Å². The molecule has 0 saturated carbocycles. The number of hydrogen-bond acceptors (Lipinski definition) is 4. The van der Waals surface area contributed by atoms with E-state index in [1.165, 1.54) is 29.0 Å². The molecule has 6 heteroatoms. The van der Waals surface area contributed by atoms with E-state index < -0.39 is 5.97 Å². The fraction of sp³-hybridized carbons (Fsp3) is 0.240. The molecule has 0 bridgehead atoms. The molecule has 3 aromatic rings. The number of carbonyl (C=O) groups is 1. The summed E-state index contributed by atoms with van der Waals surface area (Å²) in [4.78, 5) is 12.4. The molecule has 0 unspecified atom stereocenters. The van der Waals surface area contributed by atoms with Gasteiger partial charge in [0.2, 0.25) is 0 Å². The third kappa shape index (κ3) is 3.67. The first-order chi connectivity index (χ1) is 14.9. The summed E-state index contributed by atoms with van der Waals surface area (Å²) in [5, 5.41) is 29.6. The van der Waals surface area contributed by atoms with Crippen LogP contribution < -0.4 is 0 Å². The Morgan fingerprint density at radius 3 is 2.45 bits per heavy atom. The highest BCUT2D eigenvalue weighted by atomic mass is 32.1. The first kappa shape index (κ1) is 20.7. The Hall–Kier alpha value is -3.61. The molecule has 0 saturated heterocycles. The number of fused-ring (bicyclic) bond motifs is 1. The van der Waals surface area contributed by atoms with Gasteiger partial charge in [0.05, 0.1) is 22.8 Å². The standard InChI is InChI=1S/C25H21N3O2S/c1-15-11-19(12-20(13-26)17-7-9-18(10-8-17)25(29)30)16(2)28(15)24-22(14-27)21-5-3-4-6-23(21)31-24/h7-12H,3-6H2,1-2H3,(H,29,30)/b20-12+. The van der Waals surface area contributed by atoms with Crippen molar-refractivity contribution >= 4 is 29.0 Å². The number of aromatic carboxylic acids is 1. The van der Waals surface area contributed by atoms with Crippen molar-refractivity contribution < 1.29 is 9.90 Å². The molecule has 0 fully saturated rings. The van der Waals surface area contributed by atoms with Crippen LogP contribution in [-0.4, -0.2) is 15.6 Å². The molecule has 0 radical (unpaired) electrons. The van der Waals surface area contributed by atoms with Crippen LogP contribution in [0.4, 0.5) is 0 Å². The fourth-order valence-corrected chi connectivity index (χ4v) is 5.65. The maximum atomic E-state index is 11.1. The van der Waals surface area contributed by atoms with Gasteiger partial charge in [-0.2, -0.15) is 10.5 Å². The first-order valence-corrected chi connectivity index (χ1v) is 11.0. The third-order valence-corrected chi connectivity index (χ3v) is 7.08. The predicted octanol–water partition coefficient (Wildman–Crippen LogP) is 5.67. The van der Waals surface area contributed by atoms with Crippen molar-refractivity contribution in [3.8, 4) is 17.1 Å².